The van der Waals surface area contributed by atoms with Crippen molar-refractivity contribution in [3.05, 3.63) is 36.2 Å². The van der Waals surface area contributed by atoms with Crippen LogP contribution >= 0.6 is 0 Å². The van der Waals surface area contributed by atoms with Crippen LogP contribution in [0.15, 0.2) is 30.5 Å². The van der Waals surface area contributed by atoms with Gasteiger partial charge in [0.25, 0.3) is 0 Å². The summed E-state index contributed by atoms with van der Waals surface area (Å²) in [4.78, 5) is 20.0. The molecule has 1 atom stereocenters. The molecule has 1 aliphatic rings. The number of nitrogens with zero attached hydrogens (tertiary/aromatic N) is 2. The van der Waals surface area contributed by atoms with E-state index in [0.29, 0.717) is 13.0 Å². The highest BCUT2D eigenvalue weighted by Crippen LogP contribution is 2.09. The van der Waals surface area contributed by atoms with Crippen LogP contribution in [-0.4, -0.2) is 28.5 Å². The van der Waals surface area contributed by atoms with E-state index >= 15 is 0 Å². The lowest BCUT2D eigenvalue weighted by molar-refractivity contribution is -0.119. The zero-order chi connectivity index (χ0) is 13.1. The molecule has 1 aromatic heterocycles. The highest BCUT2D eigenvalue weighted by atomic mass is 16.1. The normalized spacial score (nSPS) is 18.7. The van der Waals surface area contributed by atoms with Gasteiger partial charge in [-0.1, -0.05) is 12.1 Å². The molecule has 5 heteroatoms. The molecule has 1 saturated heterocycles. The quantitative estimate of drug-likeness (QED) is 0.856. The first-order chi connectivity index (χ1) is 9.31. The number of nitrogens with one attached hydrogen (secondary N) is 2. The van der Waals surface area contributed by atoms with Crippen LogP contribution in [0.3, 0.4) is 0 Å². The molecule has 2 N–H and O–H groups in total. The number of fused-ring (bicyclic) bond motifs is 1. The zero-order valence-corrected chi connectivity index (χ0v) is 10.6. The van der Waals surface area contributed by atoms with Gasteiger partial charge in [0.05, 0.1) is 22.9 Å². The third-order valence-electron chi connectivity index (χ3n) is 3.28. The summed E-state index contributed by atoms with van der Waals surface area (Å²) in [6.07, 6.45) is 3.35. The van der Waals surface area contributed by atoms with Gasteiger partial charge in [-0.25, -0.2) is 4.98 Å². The monoisotopic (exact) mass is 256 g/mol. The predicted octanol–water partition coefficient (Wildman–Crippen LogP) is 0.998. The SMILES string of the molecule is O=C1CCC(CNCc2cnc3ccccc3n2)N1. The second kappa shape index (κ2) is 5.32. The van der Waals surface area contributed by atoms with Gasteiger partial charge in [0.15, 0.2) is 0 Å². The maximum atomic E-state index is 11.1. The fraction of sp³-hybridized carbons (Fsp3) is 0.357. The molecule has 2 heterocycles. The molecule has 1 amide bonds. The lowest BCUT2D eigenvalue weighted by Gasteiger charge is -2.10. The van der Waals surface area contributed by atoms with Crippen molar-refractivity contribution in [2.24, 2.45) is 0 Å². The second-order valence-corrected chi connectivity index (χ2v) is 4.78. The van der Waals surface area contributed by atoms with Crippen molar-refractivity contribution in [2.75, 3.05) is 6.54 Å². The molecule has 19 heavy (non-hydrogen) atoms. The Morgan fingerprint density at radius 3 is 2.95 bits per heavy atom. The predicted molar refractivity (Wildman–Crippen MR) is 72.4 cm³/mol. The van der Waals surface area contributed by atoms with E-state index in [1.54, 1.807) is 6.20 Å². The van der Waals surface area contributed by atoms with Crippen molar-refractivity contribution in [3.8, 4) is 0 Å². The fourth-order valence-electron chi connectivity index (χ4n) is 2.29. The number of hydrogen-bond donors (Lipinski definition) is 2. The molecule has 0 saturated carbocycles. The smallest absolute Gasteiger partial charge is 0.220 e. The van der Waals surface area contributed by atoms with Crippen LogP contribution in [0.25, 0.3) is 11.0 Å². The molecule has 5 nitrogen and oxygen atoms in total. The van der Waals surface area contributed by atoms with E-state index < -0.39 is 0 Å². The minimum absolute atomic E-state index is 0.150. The third kappa shape index (κ3) is 2.88. The molecule has 1 aromatic carbocycles. The van der Waals surface area contributed by atoms with Crippen molar-refractivity contribution < 1.29 is 4.79 Å². The molecular formula is C14H16N4O. The number of carbonyl (C=O) groups excluding carboxylic acids is 1. The Bertz CT molecular complexity index is 599. The summed E-state index contributed by atoms with van der Waals surface area (Å²) < 4.78 is 0. The van der Waals surface area contributed by atoms with Gasteiger partial charge in [0.1, 0.15) is 0 Å². The van der Waals surface area contributed by atoms with E-state index in [-0.39, 0.29) is 11.9 Å². The van der Waals surface area contributed by atoms with Crippen molar-refractivity contribution in [3.63, 3.8) is 0 Å². The number of para-hydroxylation sites is 2. The van der Waals surface area contributed by atoms with E-state index in [4.69, 9.17) is 0 Å². The summed E-state index contributed by atoms with van der Waals surface area (Å²) in [5.41, 5.74) is 2.74. The van der Waals surface area contributed by atoms with Crippen LogP contribution in [0, 0.1) is 0 Å². The molecule has 1 unspecified atom stereocenters. The number of amides is 1. The molecule has 0 aliphatic carbocycles. The summed E-state index contributed by atoms with van der Waals surface area (Å²) in [5, 5.41) is 6.24. The number of benzene rings is 1. The van der Waals surface area contributed by atoms with Crippen LogP contribution in [0.1, 0.15) is 18.5 Å². The van der Waals surface area contributed by atoms with Crippen molar-refractivity contribution in [1.29, 1.82) is 0 Å². The number of aromatic nitrogens is 2. The van der Waals surface area contributed by atoms with Gasteiger partial charge in [-0.2, -0.15) is 0 Å². The van der Waals surface area contributed by atoms with Crippen LogP contribution < -0.4 is 10.6 Å². The maximum Gasteiger partial charge on any atom is 0.220 e. The van der Waals surface area contributed by atoms with E-state index in [9.17, 15) is 4.79 Å². The lowest BCUT2D eigenvalue weighted by Crippen LogP contribution is -2.35. The Balaban J connectivity index is 1.58. The van der Waals surface area contributed by atoms with E-state index in [0.717, 1.165) is 29.7 Å². The largest absolute Gasteiger partial charge is 0.352 e. The summed E-state index contributed by atoms with van der Waals surface area (Å²) in [5.74, 6) is 0.150. The van der Waals surface area contributed by atoms with Crippen LogP contribution in [0.5, 0.6) is 0 Å². The molecular weight excluding hydrogens is 240 g/mol. The molecule has 98 valence electrons. The molecule has 0 radical (unpaired) electrons. The van der Waals surface area contributed by atoms with Crippen molar-refractivity contribution >= 4 is 16.9 Å². The van der Waals surface area contributed by atoms with Gasteiger partial charge in [0.2, 0.25) is 5.91 Å². The zero-order valence-electron chi connectivity index (χ0n) is 10.6. The van der Waals surface area contributed by atoms with E-state index in [2.05, 4.69) is 20.6 Å². The van der Waals surface area contributed by atoms with Gasteiger partial charge in [0, 0.05) is 25.6 Å². The average Bonchev–Trinajstić information content (AvgIpc) is 2.84. The van der Waals surface area contributed by atoms with Gasteiger partial charge in [-0.05, 0) is 18.6 Å². The third-order valence-corrected chi connectivity index (χ3v) is 3.28. The number of carbonyl (C=O) groups is 1. The van der Waals surface area contributed by atoms with E-state index in [1.165, 1.54) is 0 Å². The van der Waals surface area contributed by atoms with Crippen LogP contribution in [-0.2, 0) is 11.3 Å². The van der Waals surface area contributed by atoms with Crippen LogP contribution in [0.4, 0.5) is 0 Å². The van der Waals surface area contributed by atoms with Gasteiger partial charge in [-0.3, -0.25) is 9.78 Å². The van der Waals surface area contributed by atoms with Crippen LogP contribution in [0.2, 0.25) is 0 Å². The number of hydrogen-bond acceptors (Lipinski definition) is 4. The summed E-state index contributed by atoms with van der Waals surface area (Å²) in [6, 6.07) is 8.08. The van der Waals surface area contributed by atoms with Crippen molar-refractivity contribution in [1.82, 2.24) is 20.6 Å². The lowest BCUT2D eigenvalue weighted by atomic mass is 10.2. The molecule has 0 spiro atoms. The highest BCUT2D eigenvalue weighted by molar-refractivity contribution is 5.78. The highest BCUT2D eigenvalue weighted by Gasteiger charge is 2.19. The summed E-state index contributed by atoms with van der Waals surface area (Å²) >= 11 is 0. The fourth-order valence-corrected chi connectivity index (χ4v) is 2.29. The van der Waals surface area contributed by atoms with E-state index in [1.807, 2.05) is 24.3 Å². The molecule has 1 fully saturated rings. The van der Waals surface area contributed by atoms with Crippen molar-refractivity contribution in [2.45, 2.75) is 25.4 Å². The Hall–Kier alpha value is -2.01. The first-order valence-electron chi connectivity index (χ1n) is 6.52. The average molecular weight is 256 g/mol. The first-order valence-corrected chi connectivity index (χ1v) is 6.52. The molecule has 1 aliphatic heterocycles. The molecule has 3 rings (SSSR count). The van der Waals surface area contributed by atoms with Gasteiger partial charge in [-0.15, -0.1) is 0 Å². The summed E-state index contributed by atoms with van der Waals surface area (Å²) in [6.45, 7) is 1.45. The van der Waals surface area contributed by atoms with Gasteiger partial charge < -0.3 is 10.6 Å². The number of rotatable bonds is 4. The second-order valence-electron chi connectivity index (χ2n) is 4.78. The topological polar surface area (TPSA) is 66.9 Å². The molecule has 0 bridgehead atoms. The first kappa shape index (κ1) is 12.0. The Morgan fingerprint density at radius 1 is 1.32 bits per heavy atom. The Kier molecular flexibility index (Phi) is 3.37. The minimum atomic E-state index is 0.150. The maximum absolute atomic E-state index is 11.1. The molecule has 2 aromatic rings. The standard InChI is InChI=1S/C14H16N4O/c19-14-6-5-10(18-14)7-15-8-11-9-16-12-3-1-2-4-13(12)17-11/h1-4,9-10,15H,5-8H2,(H,18,19). The Morgan fingerprint density at radius 2 is 2.16 bits per heavy atom. The minimum Gasteiger partial charge on any atom is -0.352 e. The Labute approximate surface area is 111 Å². The summed E-state index contributed by atoms with van der Waals surface area (Å²) in [7, 11) is 0. The van der Waals surface area contributed by atoms with Gasteiger partial charge >= 0.3 is 0 Å².